The molecule has 10 unspecified atom stereocenters. The van der Waals surface area contributed by atoms with Crippen molar-refractivity contribution >= 4 is 22.9 Å². The number of hydrogen-bond donors (Lipinski definition) is 6. The number of hydrogen-bond acceptors (Lipinski definition) is 17. The summed E-state index contributed by atoms with van der Waals surface area (Å²) in [6, 6.07) is 7.30. The van der Waals surface area contributed by atoms with Crippen LogP contribution in [0, 0.1) is 0 Å². The Balaban J connectivity index is 1.59. The Kier molecular flexibility index (Phi) is 12.5. The zero-order valence-corrected chi connectivity index (χ0v) is 30.3. The van der Waals surface area contributed by atoms with Crippen LogP contribution in [0.3, 0.4) is 0 Å². The molecule has 294 valence electrons. The minimum atomic E-state index is -1.93. The van der Waals surface area contributed by atoms with Crippen molar-refractivity contribution in [2.45, 2.75) is 102 Å². The summed E-state index contributed by atoms with van der Waals surface area (Å²) in [6.07, 6.45) is -14.6. The number of aliphatic hydroxyl groups is 4. The highest BCUT2D eigenvalue weighted by Gasteiger charge is 2.52. The van der Waals surface area contributed by atoms with Crippen LogP contribution in [-0.4, -0.2) is 118 Å². The maximum Gasteiger partial charge on any atom is 0.303 e. The maximum atomic E-state index is 14.3. The number of aromatic hydroxyl groups is 2. The molecule has 17 heteroatoms. The SMILES string of the molecule is COc1ccc(-c2oc3c(CC=C(C)C)c(O)cc(O)c3c(=O)c2OC2OC(C)C(OC(C)=O)C(OC3OC(COC(C)=O)C(O)C(O)C3O)C2O)cc1. The van der Waals surface area contributed by atoms with Crippen LogP contribution in [0.4, 0.5) is 0 Å². The molecule has 2 aliphatic rings. The highest BCUT2D eigenvalue weighted by atomic mass is 16.7. The molecule has 0 aliphatic carbocycles. The van der Waals surface area contributed by atoms with E-state index in [1.807, 2.05) is 13.8 Å². The predicted octanol–water partition coefficient (Wildman–Crippen LogP) is 1.56. The van der Waals surface area contributed by atoms with Gasteiger partial charge >= 0.3 is 11.9 Å². The van der Waals surface area contributed by atoms with Gasteiger partial charge in [-0.1, -0.05) is 11.6 Å². The van der Waals surface area contributed by atoms with Gasteiger partial charge in [-0.15, -0.1) is 0 Å². The lowest BCUT2D eigenvalue weighted by atomic mass is 9.97. The summed E-state index contributed by atoms with van der Waals surface area (Å²) in [7, 11) is 1.46. The summed E-state index contributed by atoms with van der Waals surface area (Å²) in [5, 5.41) is 65.0. The Hall–Kier alpha value is -4.75. The van der Waals surface area contributed by atoms with Crippen molar-refractivity contribution in [2.24, 2.45) is 0 Å². The molecule has 0 radical (unpaired) electrons. The Bertz CT molecular complexity index is 1920. The number of phenolic OH excluding ortho intramolecular Hbond substituents is 2. The van der Waals surface area contributed by atoms with Crippen molar-refractivity contribution in [1.29, 1.82) is 0 Å². The first kappa shape index (κ1) is 40.4. The third-order valence-corrected chi connectivity index (χ3v) is 8.95. The molecule has 54 heavy (non-hydrogen) atoms. The van der Waals surface area contributed by atoms with Crippen molar-refractivity contribution in [1.82, 2.24) is 0 Å². The van der Waals surface area contributed by atoms with E-state index in [4.69, 9.17) is 37.6 Å². The molecule has 2 saturated heterocycles. The molecule has 0 saturated carbocycles. The zero-order chi connectivity index (χ0) is 39.6. The van der Waals surface area contributed by atoms with Gasteiger partial charge in [0.05, 0.1) is 13.2 Å². The van der Waals surface area contributed by atoms with Crippen LogP contribution in [0.1, 0.15) is 40.2 Å². The lowest BCUT2D eigenvalue weighted by Gasteiger charge is -2.46. The first-order valence-corrected chi connectivity index (χ1v) is 17.0. The summed E-state index contributed by atoms with van der Waals surface area (Å²) >= 11 is 0. The van der Waals surface area contributed by atoms with Gasteiger partial charge in [-0.2, -0.15) is 0 Å². The smallest absolute Gasteiger partial charge is 0.303 e. The Morgan fingerprint density at radius 2 is 1.54 bits per heavy atom. The summed E-state index contributed by atoms with van der Waals surface area (Å²) < 4.78 is 45.5. The lowest BCUT2D eigenvalue weighted by Crippen LogP contribution is -2.65. The van der Waals surface area contributed by atoms with E-state index >= 15 is 0 Å². The van der Waals surface area contributed by atoms with E-state index < -0.39 is 96.9 Å². The zero-order valence-electron chi connectivity index (χ0n) is 30.3. The quantitative estimate of drug-likeness (QED) is 0.120. The molecule has 1 aromatic heterocycles. The second-order valence-corrected chi connectivity index (χ2v) is 13.2. The fourth-order valence-electron chi connectivity index (χ4n) is 6.15. The third kappa shape index (κ3) is 8.47. The van der Waals surface area contributed by atoms with E-state index in [0.29, 0.717) is 5.75 Å². The highest BCUT2D eigenvalue weighted by Crippen LogP contribution is 2.41. The largest absolute Gasteiger partial charge is 0.507 e. The van der Waals surface area contributed by atoms with Crippen molar-refractivity contribution in [3.63, 3.8) is 0 Å². The fourth-order valence-corrected chi connectivity index (χ4v) is 6.15. The molecule has 3 heterocycles. The van der Waals surface area contributed by atoms with Gasteiger partial charge in [0, 0.05) is 31.0 Å². The van der Waals surface area contributed by atoms with Crippen molar-refractivity contribution in [3.05, 3.63) is 57.8 Å². The van der Waals surface area contributed by atoms with Crippen molar-refractivity contribution in [3.8, 4) is 34.3 Å². The van der Waals surface area contributed by atoms with Gasteiger partial charge in [0.15, 0.2) is 18.2 Å². The van der Waals surface area contributed by atoms with Gasteiger partial charge in [0.25, 0.3) is 0 Å². The van der Waals surface area contributed by atoms with E-state index in [1.165, 1.54) is 14.0 Å². The van der Waals surface area contributed by atoms with E-state index in [1.54, 1.807) is 30.3 Å². The van der Waals surface area contributed by atoms with Crippen LogP contribution in [0.25, 0.3) is 22.3 Å². The van der Waals surface area contributed by atoms with Crippen molar-refractivity contribution in [2.75, 3.05) is 13.7 Å². The fraction of sp³-hybridized carbons (Fsp3) is 0.486. The topological polar surface area (TPSA) is 250 Å². The van der Waals surface area contributed by atoms with Gasteiger partial charge in [-0.3, -0.25) is 14.4 Å². The summed E-state index contributed by atoms with van der Waals surface area (Å²) in [6.45, 7) is 6.82. The van der Waals surface area contributed by atoms with Crippen LogP contribution in [-0.2, 0) is 39.7 Å². The molecule has 17 nitrogen and oxygen atoms in total. The molecule has 6 N–H and O–H groups in total. The first-order valence-electron chi connectivity index (χ1n) is 17.0. The van der Waals surface area contributed by atoms with Gasteiger partial charge in [-0.05, 0) is 51.5 Å². The average Bonchev–Trinajstić information content (AvgIpc) is 3.11. The molecule has 2 aliphatic heterocycles. The highest BCUT2D eigenvalue weighted by molar-refractivity contribution is 5.91. The minimum Gasteiger partial charge on any atom is -0.507 e. The van der Waals surface area contributed by atoms with E-state index in [-0.39, 0.29) is 40.0 Å². The summed E-state index contributed by atoms with van der Waals surface area (Å²) in [4.78, 5) is 37.9. The van der Waals surface area contributed by atoms with Crippen LogP contribution in [0.15, 0.2) is 51.2 Å². The number of phenols is 2. The number of esters is 2. The monoisotopic (exact) mass is 760 g/mol. The number of aliphatic hydroxyl groups excluding tert-OH is 4. The molecular weight excluding hydrogens is 716 g/mol. The summed E-state index contributed by atoms with van der Waals surface area (Å²) in [5.41, 5.74) is 0.363. The molecule has 2 aromatic carbocycles. The van der Waals surface area contributed by atoms with Gasteiger partial charge < -0.3 is 68.2 Å². The number of benzene rings is 2. The number of carbonyl (C=O) groups excluding carboxylic acids is 2. The molecule has 2 fully saturated rings. The summed E-state index contributed by atoms with van der Waals surface area (Å²) in [5.74, 6) is -2.70. The number of carbonyl (C=O) groups is 2. The number of allylic oxidation sites excluding steroid dienone is 2. The minimum absolute atomic E-state index is 0.129. The van der Waals surface area contributed by atoms with Gasteiger partial charge in [0.2, 0.25) is 17.5 Å². The van der Waals surface area contributed by atoms with Crippen LogP contribution in [0.2, 0.25) is 0 Å². The third-order valence-electron chi connectivity index (χ3n) is 8.95. The van der Waals surface area contributed by atoms with E-state index in [2.05, 4.69) is 0 Å². The van der Waals surface area contributed by atoms with Crippen LogP contribution >= 0.6 is 0 Å². The molecule has 0 spiro atoms. The Morgan fingerprint density at radius 3 is 2.15 bits per heavy atom. The standard InChI is InChI=1S/C37H44O17/c1-15(2)7-12-21-22(40)13-23(41)25-27(43)34(32(52-33(21)25)19-8-10-20(47-6)11-9-19)53-37-30(46)35(31(16(3)49-37)50-18(5)39)54-36-29(45)28(44)26(42)24(51-36)14-48-17(4)38/h7-11,13,16,24,26,28-31,35-37,40-42,44-46H,12,14H2,1-6H3. The molecule has 5 rings (SSSR count). The average molecular weight is 761 g/mol. The van der Waals surface area contributed by atoms with Gasteiger partial charge in [-0.25, -0.2) is 0 Å². The molecule has 3 aromatic rings. The molecular formula is C37H44O17. The van der Waals surface area contributed by atoms with Gasteiger partial charge in [0.1, 0.15) is 71.4 Å². The second-order valence-electron chi connectivity index (χ2n) is 13.2. The lowest BCUT2D eigenvalue weighted by molar-refractivity contribution is -0.351. The van der Waals surface area contributed by atoms with Crippen molar-refractivity contribution < 1.29 is 77.8 Å². The molecule has 0 amide bonds. The predicted molar refractivity (Wildman–Crippen MR) is 186 cm³/mol. The molecule has 0 bridgehead atoms. The second kappa shape index (κ2) is 16.7. The first-order chi connectivity index (χ1) is 25.5. The maximum absolute atomic E-state index is 14.3. The normalized spacial score (nSPS) is 28.3. The number of ether oxygens (including phenoxy) is 7. The van der Waals surface area contributed by atoms with Crippen LogP contribution in [0.5, 0.6) is 23.0 Å². The molecule has 10 atom stereocenters. The van der Waals surface area contributed by atoms with Crippen LogP contribution < -0.4 is 14.9 Å². The Morgan fingerprint density at radius 1 is 0.852 bits per heavy atom. The van der Waals surface area contributed by atoms with E-state index in [9.17, 15) is 45.0 Å². The number of fused-ring (bicyclic) bond motifs is 1. The Labute approximate surface area is 308 Å². The number of rotatable bonds is 11. The van der Waals surface area contributed by atoms with E-state index in [0.717, 1.165) is 25.5 Å². The number of methoxy groups -OCH3 is 1.